The van der Waals surface area contributed by atoms with Crippen LogP contribution in [0.4, 0.5) is 0 Å². The first-order valence-electron chi connectivity index (χ1n) is 6.93. The summed E-state index contributed by atoms with van der Waals surface area (Å²) in [5, 5.41) is 4.48. The lowest BCUT2D eigenvalue weighted by Crippen LogP contribution is -2.18. The second-order valence-corrected chi connectivity index (χ2v) is 5.63. The van der Waals surface area contributed by atoms with E-state index in [2.05, 4.69) is 17.2 Å². The van der Waals surface area contributed by atoms with E-state index in [0.29, 0.717) is 0 Å². The second kappa shape index (κ2) is 8.09. The highest BCUT2D eigenvalue weighted by atomic mass is 32.1. The fraction of sp³-hybridized carbons (Fsp3) is 0.467. The van der Waals surface area contributed by atoms with Gasteiger partial charge in [0.15, 0.2) is 0 Å². The lowest BCUT2D eigenvalue weighted by atomic mass is 10.2. The van der Waals surface area contributed by atoms with Crippen LogP contribution in [0.15, 0.2) is 24.5 Å². The number of pyridine rings is 1. The van der Waals surface area contributed by atoms with Gasteiger partial charge in [-0.25, -0.2) is 4.98 Å². The van der Waals surface area contributed by atoms with Gasteiger partial charge in [0, 0.05) is 43.0 Å². The van der Waals surface area contributed by atoms with Crippen LogP contribution in [-0.4, -0.2) is 30.2 Å². The zero-order valence-corrected chi connectivity index (χ0v) is 12.9. The van der Waals surface area contributed by atoms with Gasteiger partial charge in [0.25, 0.3) is 0 Å². The van der Waals surface area contributed by atoms with Crippen molar-refractivity contribution < 1.29 is 4.74 Å². The molecule has 20 heavy (non-hydrogen) atoms. The van der Waals surface area contributed by atoms with E-state index in [9.17, 15) is 0 Å². The maximum absolute atomic E-state index is 5.05. The highest BCUT2D eigenvalue weighted by molar-refractivity contribution is 7.15. The number of nitrogens with one attached hydrogen (secondary N) is 1. The number of ether oxygens (including phenoxy) is 1. The molecule has 0 amide bonds. The molecule has 0 fully saturated rings. The van der Waals surface area contributed by atoms with Gasteiger partial charge < -0.3 is 10.1 Å². The van der Waals surface area contributed by atoms with Crippen molar-refractivity contribution in [1.82, 2.24) is 15.3 Å². The monoisotopic (exact) mass is 291 g/mol. The summed E-state index contributed by atoms with van der Waals surface area (Å²) in [6.45, 7) is 4.65. The van der Waals surface area contributed by atoms with Crippen LogP contribution in [0.1, 0.15) is 23.9 Å². The average molecular weight is 291 g/mol. The molecule has 0 saturated heterocycles. The Bertz CT molecular complexity index is 513. The fourth-order valence-corrected chi connectivity index (χ4v) is 3.03. The van der Waals surface area contributed by atoms with Gasteiger partial charge in [0.05, 0.1) is 12.3 Å². The predicted molar refractivity (Wildman–Crippen MR) is 82.9 cm³/mol. The number of aromatic nitrogens is 2. The van der Waals surface area contributed by atoms with Crippen LogP contribution in [0.2, 0.25) is 0 Å². The zero-order chi connectivity index (χ0) is 14.2. The Morgan fingerprint density at radius 1 is 1.30 bits per heavy atom. The molecule has 108 valence electrons. The SMILES string of the molecule is CCCc1nc(-c2ccncc2)sc1CNCCOC. The summed E-state index contributed by atoms with van der Waals surface area (Å²) < 4.78 is 5.05. The second-order valence-electron chi connectivity index (χ2n) is 4.54. The van der Waals surface area contributed by atoms with E-state index < -0.39 is 0 Å². The molecular weight excluding hydrogens is 270 g/mol. The standard InChI is InChI=1S/C15H21N3OS/c1-3-4-13-14(11-17-9-10-19-2)20-15(18-13)12-5-7-16-8-6-12/h5-8,17H,3-4,9-11H2,1-2H3. The van der Waals surface area contributed by atoms with Crippen molar-refractivity contribution >= 4 is 11.3 Å². The fourth-order valence-electron chi connectivity index (χ4n) is 1.95. The van der Waals surface area contributed by atoms with Crippen LogP contribution < -0.4 is 5.32 Å². The molecular formula is C15H21N3OS. The Morgan fingerprint density at radius 3 is 2.80 bits per heavy atom. The van der Waals surface area contributed by atoms with E-state index in [0.717, 1.165) is 43.1 Å². The van der Waals surface area contributed by atoms with Crippen LogP contribution in [0.25, 0.3) is 10.6 Å². The van der Waals surface area contributed by atoms with Crippen molar-refractivity contribution in [1.29, 1.82) is 0 Å². The molecule has 0 atom stereocenters. The average Bonchev–Trinajstić information content (AvgIpc) is 2.88. The lowest BCUT2D eigenvalue weighted by Gasteiger charge is -2.03. The predicted octanol–water partition coefficient (Wildman–Crippen LogP) is 2.89. The minimum Gasteiger partial charge on any atom is -0.383 e. The van der Waals surface area contributed by atoms with Crippen molar-refractivity contribution in [2.24, 2.45) is 0 Å². The van der Waals surface area contributed by atoms with Crippen molar-refractivity contribution in [3.63, 3.8) is 0 Å². The number of thiazole rings is 1. The van der Waals surface area contributed by atoms with Crippen LogP contribution in [0, 0.1) is 0 Å². The van der Waals surface area contributed by atoms with E-state index in [-0.39, 0.29) is 0 Å². The van der Waals surface area contributed by atoms with Gasteiger partial charge in [-0.05, 0) is 18.6 Å². The van der Waals surface area contributed by atoms with E-state index in [1.807, 2.05) is 24.5 Å². The summed E-state index contributed by atoms with van der Waals surface area (Å²) in [7, 11) is 1.72. The molecule has 0 saturated carbocycles. The van der Waals surface area contributed by atoms with Crippen LogP contribution >= 0.6 is 11.3 Å². The molecule has 0 bridgehead atoms. The molecule has 5 heteroatoms. The van der Waals surface area contributed by atoms with Crippen LogP contribution in [-0.2, 0) is 17.7 Å². The first kappa shape index (κ1) is 15.1. The van der Waals surface area contributed by atoms with Gasteiger partial charge in [-0.1, -0.05) is 13.3 Å². The highest BCUT2D eigenvalue weighted by Gasteiger charge is 2.11. The molecule has 0 radical (unpaired) electrons. The van der Waals surface area contributed by atoms with Crippen LogP contribution in [0.5, 0.6) is 0 Å². The first-order chi connectivity index (χ1) is 9.85. The van der Waals surface area contributed by atoms with E-state index in [4.69, 9.17) is 9.72 Å². The third-order valence-electron chi connectivity index (χ3n) is 2.96. The maximum atomic E-state index is 5.05. The summed E-state index contributed by atoms with van der Waals surface area (Å²) in [5.41, 5.74) is 2.36. The molecule has 0 aliphatic heterocycles. The molecule has 0 unspecified atom stereocenters. The maximum Gasteiger partial charge on any atom is 0.124 e. The number of nitrogens with zero attached hydrogens (tertiary/aromatic N) is 2. The summed E-state index contributed by atoms with van der Waals surface area (Å²) in [6.07, 6.45) is 5.77. The summed E-state index contributed by atoms with van der Waals surface area (Å²) >= 11 is 1.77. The third kappa shape index (κ3) is 4.10. The number of aryl methyl sites for hydroxylation is 1. The Hall–Kier alpha value is -1.30. The van der Waals surface area contributed by atoms with Gasteiger partial charge in [0.1, 0.15) is 5.01 Å². The molecule has 0 aliphatic carbocycles. The molecule has 0 aliphatic rings. The Morgan fingerprint density at radius 2 is 2.10 bits per heavy atom. The van der Waals surface area contributed by atoms with Gasteiger partial charge in [0.2, 0.25) is 0 Å². The molecule has 0 aromatic carbocycles. The van der Waals surface area contributed by atoms with E-state index >= 15 is 0 Å². The minimum absolute atomic E-state index is 0.735. The Kier molecular flexibility index (Phi) is 6.11. The number of rotatable bonds is 8. The van der Waals surface area contributed by atoms with Gasteiger partial charge in [-0.15, -0.1) is 11.3 Å². The lowest BCUT2D eigenvalue weighted by molar-refractivity contribution is 0.199. The third-order valence-corrected chi connectivity index (χ3v) is 4.11. The topological polar surface area (TPSA) is 47.0 Å². The largest absolute Gasteiger partial charge is 0.383 e. The molecule has 4 nitrogen and oxygen atoms in total. The van der Waals surface area contributed by atoms with Crippen molar-refractivity contribution in [2.45, 2.75) is 26.3 Å². The summed E-state index contributed by atoms with van der Waals surface area (Å²) in [5.74, 6) is 0. The number of hydrogen-bond acceptors (Lipinski definition) is 5. The minimum atomic E-state index is 0.735. The first-order valence-corrected chi connectivity index (χ1v) is 7.75. The quantitative estimate of drug-likeness (QED) is 0.760. The number of methoxy groups -OCH3 is 1. The summed E-state index contributed by atoms with van der Waals surface area (Å²) in [6, 6.07) is 4.02. The molecule has 2 heterocycles. The highest BCUT2D eigenvalue weighted by Crippen LogP contribution is 2.28. The smallest absolute Gasteiger partial charge is 0.124 e. The normalized spacial score (nSPS) is 10.9. The van der Waals surface area contributed by atoms with Crippen molar-refractivity contribution in [3.05, 3.63) is 35.1 Å². The molecule has 2 aromatic heterocycles. The number of hydrogen-bond donors (Lipinski definition) is 1. The van der Waals surface area contributed by atoms with Gasteiger partial charge in [-0.2, -0.15) is 0 Å². The molecule has 0 spiro atoms. The van der Waals surface area contributed by atoms with Crippen molar-refractivity contribution in [2.75, 3.05) is 20.3 Å². The Balaban J connectivity index is 2.11. The Labute approximate surface area is 124 Å². The van der Waals surface area contributed by atoms with Crippen LogP contribution in [0.3, 0.4) is 0 Å². The van der Waals surface area contributed by atoms with E-state index in [1.165, 1.54) is 10.6 Å². The molecule has 1 N–H and O–H groups in total. The molecule has 2 rings (SSSR count). The zero-order valence-electron chi connectivity index (χ0n) is 12.1. The molecule has 2 aromatic rings. The summed E-state index contributed by atoms with van der Waals surface area (Å²) in [4.78, 5) is 10.2. The van der Waals surface area contributed by atoms with E-state index in [1.54, 1.807) is 18.4 Å². The van der Waals surface area contributed by atoms with Gasteiger partial charge in [-0.3, -0.25) is 4.98 Å². The van der Waals surface area contributed by atoms with Gasteiger partial charge >= 0.3 is 0 Å². The van der Waals surface area contributed by atoms with Crippen molar-refractivity contribution in [3.8, 4) is 10.6 Å².